The summed E-state index contributed by atoms with van der Waals surface area (Å²) < 4.78 is 27.0. The molecule has 8 heteroatoms. The first-order chi connectivity index (χ1) is 7.99. The van der Waals surface area contributed by atoms with Crippen LogP contribution in [-0.4, -0.2) is 30.4 Å². The average molecular weight is 272 g/mol. The van der Waals surface area contributed by atoms with Gasteiger partial charge in [-0.25, -0.2) is 0 Å². The van der Waals surface area contributed by atoms with Gasteiger partial charge in [0.25, 0.3) is 10.0 Å². The molecule has 6 nitrogen and oxygen atoms in total. The average Bonchev–Trinajstić information content (AvgIpc) is 2.25. The van der Waals surface area contributed by atoms with E-state index in [1.54, 1.807) is 18.2 Å². The normalized spacial score (nSPS) is 16.6. The van der Waals surface area contributed by atoms with Gasteiger partial charge in [-0.3, -0.25) is 4.79 Å². The summed E-state index contributed by atoms with van der Waals surface area (Å²) in [5.41, 5.74) is 0.412. The highest BCUT2D eigenvalue weighted by molar-refractivity contribution is 8.15. The number of carboxylic acid groups (broad SMARTS) is 1. The van der Waals surface area contributed by atoms with E-state index < -0.39 is 16.0 Å². The summed E-state index contributed by atoms with van der Waals surface area (Å²) in [5.74, 6) is -1.28. The first-order valence-electron chi connectivity index (χ1n) is 4.55. The fourth-order valence-electron chi connectivity index (χ4n) is 1.28. The third kappa shape index (κ3) is 2.59. The van der Waals surface area contributed by atoms with Crippen molar-refractivity contribution in [1.82, 2.24) is 0 Å². The molecule has 0 fully saturated rings. The highest BCUT2D eigenvalue weighted by Crippen LogP contribution is 2.28. The Labute approximate surface area is 102 Å². The van der Waals surface area contributed by atoms with E-state index in [4.69, 9.17) is 5.11 Å². The third-order valence-electron chi connectivity index (χ3n) is 1.94. The van der Waals surface area contributed by atoms with Crippen molar-refractivity contribution >= 4 is 38.6 Å². The Morgan fingerprint density at radius 3 is 2.82 bits per heavy atom. The zero-order chi connectivity index (χ0) is 12.5. The van der Waals surface area contributed by atoms with Gasteiger partial charge in [-0.15, -0.1) is 4.40 Å². The van der Waals surface area contributed by atoms with Gasteiger partial charge in [-0.05, 0) is 12.1 Å². The number of amidine groups is 1. The van der Waals surface area contributed by atoms with Crippen molar-refractivity contribution in [2.75, 3.05) is 11.1 Å². The third-order valence-corrected chi connectivity index (χ3v) is 4.25. The quantitative estimate of drug-likeness (QED) is 0.833. The van der Waals surface area contributed by atoms with E-state index >= 15 is 0 Å². The second-order valence-electron chi connectivity index (χ2n) is 3.18. The van der Waals surface area contributed by atoms with Crippen LogP contribution < -0.4 is 5.32 Å². The molecule has 0 amide bonds. The number of carboxylic acids is 1. The molecule has 0 aliphatic carbocycles. The molecule has 90 valence electrons. The minimum atomic E-state index is -3.73. The summed E-state index contributed by atoms with van der Waals surface area (Å²) in [7, 11) is -3.73. The van der Waals surface area contributed by atoms with Crippen molar-refractivity contribution in [3.8, 4) is 0 Å². The van der Waals surface area contributed by atoms with Crippen LogP contribution in [0.4, 0.5) is 5.69 Å². The minimum Gasteiger partial charge on any atom is -0.481 e. The lowest BCUT2D eigenvalue weighted by atomic mass is 10.3. The molecule has 0 aromatic heterocycles. The molecule has 2 rings (SSSR count). The van der Waals surface area contributed by atoms with E-state index in [1.165, 1.54) is 6.07 Å². The highest BCUT2D eigenvalue weighted by Gasteiger charge is 2.24. The van der Waals surface area contributed by atoms with E-state index in [2.05, 4.69) is 9.71 Å². The fourth-order valence-corrected chi connectivity index (χ4v) is 3.24. The number of thioether (sulfide) groups is 1. The van der Waals surface area contributed by atoms with Gasteiger partial charge in [0.1, 0.15) is 4.90 Å². The van der Waals surface area contributed by atoms with Gasteiger partial charge in [-0.1, -0.05) is 23.9 Å². The summed E-state index contributed by atoms with van der Waals surface area (Å²) in [5, 5.41) is 11.4. The molecule has 1 aliphatic heterocycles. The number of nitrogens with one attached hydrogen (secondary N) is 1. The van der Waals surface area contributed by atoms with Crippen LogP contribution in [0.25, 0.3) is 0 Å². The number of benzene rings is 1. The molecular weight excluding hydrogens is 264 g/mol. The van der Waals surface area contributed by atoms with Gasteiger partial charge in [0.2, 0.25) is 0 Å². The maximum Gasteiger partial charge on any atom is 0.313 e. The monoisotopic (exact) mass is 272 g/mol. The SMILES string of the molecule is O=C(O)CSC1=NS(=O)(=O)c2ccccc2N1. The Morgan fingerprint density at radius 1 is 1.41 bits per heavy atom. The molecule has 0 spiro atoms. The van der Waals surface area contributed by atoms with Crippen molar-refractivity contribution in [3.05, 3.63) is 24.3 Å². The summed E-state index contributed by atoms with van der Waals surface area (Å²) in [6.45, 7) is 0. The topological polar surface area (TPSA) is 95.8 Å². The summed E-state index contributed by atoms with van der Waals surface area (Å²) >= 11 is 0.832. The van der Waals surface area contributed by atoms with Crippen LogP contribution in [-0.2, 0) is 14.8 Å². The maximum atomic E-state index is 11.7. The lowest BCUT2D eigenvalue weighted by molar-refractivity contribution is -0.133. The molecule has 0 atom stereocenters. The predicted molar refractivity (Wildman–Crippen MR) is 64.8 cm³/mol. The largest absolute Gasteiger partial charge is 0.481 e. The second-order valence-corrected chi connectivity index (χ2v) is 5.71. The number of hydrogen-bond acceptors (Lipinski definition) is 5. The van der Waals surface area contributed by atoms with E-state index in [0.717, 1.165) is 11.8 Å². The second kappa shape index (κ2) is 4.38. The van der Waals surface area contributed by atoms with Crippen LogP contribution in [0.15, 0.2) is 33.6 Å². The molecular formula is C9H8N2O4S2. The van der Waals surface area contributed by atoms with Crippen LogP contribution in [0.1, 0.15) is 0 Å². The molecule has 0 unspecified atom stereocenters. The van der Waals surface area contributed by atoms with E-state index in [-0.39, 0.29) is 15.8 Å². The number of carbonyl (C=O) groups is 1. The molecule has 0 bridgehead atoms. The van der Waals surface area contributed by atoms with Crippen LogP contribution in [0.3, 0.4) is 0 Å². The Hall–Kier alpha value is -1.54. The molecule has 17 heavy (non-hydrogen) atoms. The molecule has 0 radical (unpaired) electrons. The van der Waals surface area contributed by atoms with Crippen molar-refractivity contribution in [2.45, 2.75) is 4.90 Å². The number of sulfonamides is 1. The first kappa shape index (κ1) is 11.9. The van der Waals surface area contributed by atoms with Gasteiger partial charge in [0.05, 0.1) is 11.4 Å². The number of aliphatic carboxylic acids is 1. The maximum absolute atomic E-state index is 11.7. The fraction of sp³-hybridized carbons (Fsp3) is 0.111. The minimum absolute atomic E-state index is 0.0751. The molecule has 0 saturated heterocycles. The van der Waals surface area contributed by atoms with Crippen LogP contribution in [0.5, 0.6) is 0 Å². The van der Waals surface area contributed by atoms with Gasteiger partial charge >= 0.3 is 5.97 Å². The number of rotatable bonds is 2. The smallest absolute Gasteiger partial charge is 0.313 e. The number of anilines is 1. The number of para-hydroxylation sites is 1. The molecule has 0 saturated carbocycles. The lowest BCUT2D eigenvalue weighted by Gasteiger charge is -2.16. The number of nitrogens with zero attached hydrogens (tertiary/aromatic N) is 1. The molecule has 2 N–H and O–H groups in total. The summed E-state index contributed by atoms with van der Waals surface area (Å²) in [4.78, 5) is 10.5. The molecule has 1 aliphatic rings. The van der Waals surface area contributed by atoms with E-state index in [9.17, 15) is 13.2 Å². The van der Waals surface area contributed by atoms with Crippen molar-refractivity contribution in [1.29, 1.82) is 0 Å². The van der Waals surface area contributed by atoms with Crippen molar-refractivity contribution in [2.24, 2.45) is 4.40 Å². The molecule has 1 aromatic rings. The van der Waals surface area contributed by atoms with Crippen molar-refractivity contribution in [3.63, 3.8) is 0 Å². The molecule has 1 heterocycles. The van der Waals surface area contributed by atoms with E-state index in [1.807, 2.05) is 0 Å². The van der Waals surface area contributed by atoms with Crippen LogP contribution in [0, 0.1) is 0 Å². The zero-order valence-corrected chi connectivity index (χ0v) is 10.1. The van der Waals surface area contributed by atoms with E-state index in [0.29, 0.717) is 5.69 Å². The van der Waals surface area contributed by atoms with Crippen LogP contribution >= 0.6 is 11.8 Å². The number of fused-ring (bicyclic) bond motifs is 1. The molecule has 1 aromatic carbocycles. The van der Waals surface area contributed by atoms with Gasteiger partial charge < -0.3 is 10.4 Å². The first-order valence-corrected chi connectivity index (χ1v) is 6.97. The van der Waals surface area contributed by atoms with Crippen molar-refractivity contribution < 1.29 is 18.3 Å². The number of hydrogen-bond donors (Lipinski definition) is 2. The zero-order valence-electron chi connectivity index (χ0n) is 8.45. The van der Waals surface area contributed by atoms with Crippen LogP contribution in [0.2, 0.25) is 0 Å². The summed E-state index contributed by atoms with van der Waals surface area (Å²) in [6, 6.07) is 6.33. The Bertz CT molecular complexity index is 595. The standard InChI is InChI=1S/C9H8N2O4S2/c12-8(13)5-16-9-10-6-3-1-2-4-7(6)17(14,15)11-9/h1-4H,5H2,(H,10,11)(H,12,13). The van der Waals surface area contributed by atoms with Gasteiger partial charge in [-0.2, -0.15) is 8.42 Å². The van der Waals surface area contributed by atoms with Gasteiger partial charge in [0, 0.05) is 0 Å². The Kier molecular flexibility index (Phi) is 3.07. The predicted octanol–water partition coefficient (Wildman–Crippen LogP) is 0.975. The lowest BCUT2D eigenvalue weighted by Crippen LogP contribution is -2.20. The highest BCUT2D eigenvalue weighted by atomic mass is 32.2. The Balaban J connectivity index is 2.32. The summed E-state index contributed by atoms with van der Waals surface area (Å²) in [6.07, 6.45) is 0. The Morgan fingerprint density at radius 2 is 2.12 bits per heavy atom. The van der Waals surface area contributed by atoms with Gasteiger partial charge in [0.15, 0.2) is 5.17 Å².